The summed E-state index contributed by atoms with van der Waals surface area (Å²) in [4.78, 5) is 11.6. The van der Waals surface area contributed by atoms with Crippen LogP contribution < -0.4 is 5.73 Å². The summed E-state index contributed by atoms with van der Waals surface area (Å²) in [6.45, 7) is 6.09. The third kappa shape index (κ3) is 4.33. The second kappa shape index (κ2) is 5.82. The molecule has 0 radical (unpaired) electrons. The van der Waals surface area contributed by atoms with E-state index in [1.54, 1.807) is 0 Å². The molecule has 0 aliphatic carbocycles. The maximum Gasteiger partial charge on any atom is 0.340 e. The second-order valence-electron chi connectivity index (χ2n) is 4.80. The van der Waals surface area contributed by atoms with E-state index in [9.17, 15) is 9.18 Å². The number of hydrogen-bond donors (Lipinski definition) is 1. The van der Waals surface area contributed by atoms with Crippen molar-refractivity contribution in [1.82, 2.24) is 0 Å². The molecule has 0 atom stereocenters. The van der Waals surface area contributed by atoms with Gasteiger partial charge >= 0.3 is 5.97 Å². The van der Waals surface area contributed by atoms with Gasteiger partial charge in [-0.1, -0.05) is 6.07 Å². The van der Waals surface area contributed by atoms with Gasteiger partial charge in [0.05, 0.1) is 23.5 Å². The third-order valence-electron chi connectivity index (χ3n) is 2.12. The van der Waals surface area contributed by atoms with E-state index < -0.39 is 11.8 Å². The molecule has 1 rings (SSSR count). The summed E-state index contributed by atoms with van der Waals surface area (Å²) in [5.74, 6) is -1.28. The van der Waals surface area contributed by atoms with Crippen LogP contribution in [0.5, 0.6) is 0 Å². The molecule has 0 unspecified atom stereocenters. The third-order valence-corrected chi connectivity index (χ3v) is 2.12. The molecule has 0 saturated carbocycles. The van der Waals surface area contributed by atoms with Gasteiger partial charge < -0.3 is 15.2 Å². The van der Waals surface area contributed by atoms with Gasteiger partial charge in [0.1, 0.15) is 12.4 Å². The maximum absolute atomic E-state index is 13.1. The van der Waals surface area contributed by atoms with Crippen molar-refractivity contribution >= 4 is 11.7 Å². The summed E-state index contributed by atoms with van der Waals surface area (Å²) in [5, 5.41) is 0. The number of carbonyl (C=O) groups excluding carboxylic acids is 1. The molecule has 0 spiro atoms. The molecule has 0 aromatic heterocycles. The van der Waals surface area contributed by atoms with Gasteiger partial charge in [0, 0.05) is 0 Å². The first-order valence-corrected chi connectivity index (χ1v) is 5.66. The van der Waals surface area contributed by atoms with Crippen LogP contribution in [0.1, 0.15) is 31.1 Å². The first-order valence-electron chi connectivity index (χ1n) is 5.66. The Kier molecular flexibility index (Phi) is 4.67. The number of hydrogen-bond acceptors (Lipinski definition) is 4. The van der Waals surface area contributed by atoms with Gasteiger partial charge in [-0.05, 0) is 32.9 Å². The van der Waals surface area contributed by atoms with E-state index in [1.807, 2.05) is 20.8 Å². The van der Waals surface area contributed by atoms with Crippen LogP contribution in [0.2, 0.25) is 0 Å². The van der Waals surface area contributed by atoms with E-state index in [4.69, 9.17) is 15.2 Å². The van der Waals surface area contributed by atoms with Gasteiger partial charge in [0.15, 0.2) is 0 Å². The minimum atomic E-state index is -0.649. The van der Waals surface area contributed by atoms with Crippen molar-refractivity contribution in [1.29, 1.82) is 0 Å². The van der Waals surface area contributed by atoms with Crippen molar-refractivity contribution in [2.45, 2.75) is 26.4 Å². The van der Waals surface area contributed by atoms with Gasteiger partial charge in [-0.25, -0.2) is 9.18 Å². The molecule has 4 nitrogen and oxygen atoms in total. The lowest BCUT2D eigenvalue weighted by Crippen LogP contribution is -2.22. The minimum Gasteiger partial charge on any atom is -0.460 e. The van der Waals surface area contributed by atoms with Crippen molar-refractivity contribution < 1.29 is 18.7 Å². The van der Waals surface area contributed by atoms with Crippen LogP contribution in [0.4, 0.5) is 10.1 Å². The number of benzene rings is 1. The van der Waals surface area contributed by atoms with Crippen LogP contribution in [-0.4, -0.2) is 24.8 Å². The molecule has 0 aliphatic heterocycles. The zero-order valence-corrected chi connectivity index (χ0v) is 10.8. The highest BCUT2D eigenvalue weighted by Gasteiger charge is 2.14. The lowest BCUT2D eigenvalue weighted by Gasteiger charge is -2.19. The average molecular weight is 255 g/mol. The Morgan fingerprint density at radius 3 is 2.61 bits per heavy atom. The number of esters is 1. The second-order valence-corrected chi connectivity index (χ2v) is 4.80. The summed E-state index contributed by atoms with van der Waals surface area (Å²) in [6, 6.07) is 4.02. The maximum atomic E-state index is 13.1. The summed E-state index contributed by atoms with van der Waals surface area (Å²) < 4.78 is 23.5. The molecular weight excluding hydrogens is 237 g/mol. The molecule has 0 bridgehead atoms. The number of para-hydroxylation sites is 1. The number of anilines is 1. The Balaban J connectivity index is 2.49. The molecule has 1 aromatic carbocycles. The molecule has 0 fully saturated rings. The van der Waals surface area contributed by atoms with Crippen LogP contribution in [0.3, 0.4) is 0 Å². The van der Waals surface area contributed by atoms with Crippen molar-refractivity contribution in [2.75, 3.05) is 18.9 Å². The van der Waals surface area contributed by atoms with Gasteiger partial charge in [0.2, 0.25) is 0 Å². The van der Waals surface area contributed by atoms with Gasteiger partial charge in [-0.2, -0.15) is 0 Å². The largest absolute Gasteiger partial charge is 0.460 e. The highest BCUT2D eigenvalue weighted by atomic mass is 19.1. The van der Waals surface area contributed by atoms with Crippen molar-refractivity contribution in [2.24, 2.45) is 0 Å². The molecule has 18 heavy (non-hydrogen) atoms. The molecule has 0 saturated heterocycles. The summed E-state index contributed by atoms with van der Waals surface area (Å²) in [5.41, 5.74) is 5.00. The number of ether oxygens (including phenoxy) is 2. The van der Waals surface area contributed by atoms with E-state index in [-0.39, 0.29) is 30.1 Å². The van der Waals surface area contributed by atoms with Crippen molar-refractivity contribution in [3.8, 4) is 0 Å². The Morgan fingerprint density at radius 1 is 1.33 bits per heavy atom. The molecule has 0 amide bonds. The van der Waals surface area contributed by atoms with Crippen LogP contribution >= 0.6 is 0 Å². The lowest BCUT2D eigenvalue weighted by atomic mass is 10.2. The summed E-state index contributed by atoms with van der Waals surface area (Å²) >= 11 is 0. The summed E-state index contributed by atoms with van der Waals surface area (Å²) in [7, 11) is 0. The Labute approximate surface area is 106 Å². The number of halogens is 1. The topological polar surface area (TPSA) is 61.5 Å². The predicted molar refractivity (Wildman–Crippen MR) is 66.8 cm³/mol. The van der Waals surface area contributed by atoms with E-state index in [2.05, 4.69) is 0 Å². The standard InChI is InChI=1S/C13H18FNO3/c1-13(2,3)18-8-7-17-12(16)9-5-4-6-10(14)11(9)15/h4-6H,7-8,15H2,1-3H3. The van der Waals surface area contributed by atoms with Crippen molar-refractivity contribution in [3.63, 3.8) is 0 Å². The number of nitrogen functional groups attached to an aromatic ring is 1. The zero-order chi connectivity index (χ0) is 13.8. The quantitative estimate of drug-likeness (QED) is 0.510. The zero-order valence-electron chi connectivity index (χ0n) is 10.8. The fourth-order valence-electron chi connectivity index (χ4n) is 1.27. The van der Waals surface area contributed by atoms with E-state index >= 15 is 0 Å². The van der Waals surface area contributed by atoms with Crippen LogP contribution in [0, 0.1) is 5.82 Å². The van der Waals surface area contributed by atoms with E-state index in [1.165, 1.54) is 18.2 Å². The normalized spacial score (nSPS) is 11.3. The van der Waals surface area contributed by atoms with Gasteiger partial charge in [0.25, 0.3) is 0 Å². The first kappa shape index (κ1) is 14.4. The fourth-order valence-corrected chi connectivity index (χ4v) is 1.27. The molecule has 100 valence electrons. The van der Waals surface area contributed by atoms with Gasteiger partial charge in [-0.15, -0.1) is 0 Å². The van der Waals surface area contributed by atoms with E-state index in [0.29, 0.717) is 0 Å². The van der Waals surface area contributed by atoms with Crippen LogP contribution in [0.15, 0.2) is 18.2 Å². The first-order chi connectivity index (χ1) is 8.31. The SMILES string of the molecule is CC(C)(C)OCCOC(=O)c1cccc(F)c1N. The predicted octanol–water partition coefficient (Wildman–Crippen LogP) is 2.38. The molecular formula is C13H18FNO3. The van der Waals surface area contributed by atoms with Gasteiger partial charge in [-0.3, -0.25) is 0 Å². The number of carbonyl (C=O) groups is 1. The van der Waals surface area contributed by atoms with Crippen LogP contribution in [0.25, 0.3) is 0 Å². The van der Waals surface area contributed by atoms with Crippen molar-refractivity contribution in [3.05, 3.63) is 29.6 Å². The highest BCUT2D eigenvalue weighted by Crippen LogP contribution is 2.16. The number of nitrogens with two attached hydrogens (primary N) is 1. The molecule has 2 N–H and O–H groups in total. The average Bonchev–Trinajstić information content (AvgIpc) is 2.26. The monoisotopic (exact) mass is 255 g/mol. The Hall–Kier alpha value is -1.62. The Morgan fingerprint density at radius 2 is 2.00 bits per heavy atom. The highest BCUT2D eigenvalue weighted by molar-refractivity contribution is 5.95. The molecule has 5 heteroatoms. The molecule has 0 aliphatic rings. The van der Waals surface area contributed by atoms with E-state index in [0.717, 1.165) is 0 Å². The smallest absolute Gasteiger partial charge is 0.340 e. The molecule has 0 heterocycles. The van der Waals surface area contributed by atoms with Crippen LogP contribution in [-0.2, 0) is 9.47 Å². The lowest BCUT2D eigenvalue weighted by molar-refractivity contribution is -0.0281. The minimum absolute atomic E-state index is 0.0331. The number of rotatable bonds is 4. The summed E-state index contributed by atoms with van der Waals surface area (Å²) in [6.07, 6.45) is 0. The Bertz CT molecular complexity index is 427. The fraction of sp³-hybridized carbons (Fsp3) is 0.462. The molecule has 1 aromatic rings.